The van der Waals surface area contributed by atoms with E-state index in [1.54, 1.807) is 13.1 Å². The summed E-state index contributed by atoms with van der Waals surface area (Å²) < 4.78 is 0.581. The van der Waals surface area contributed by atoms with Gasteiger partial charge >= 0.3 is 0 Å². The summed E-state index contributed by atoms with van der Waals surface area (Å²) in [6.45, 7) is 4.03. The second kappa shape index (κ2) is 8.86. The molecule has 1 aliphatic rings. The highest BCUT2D eigenvalue weighted by Gasteiger charge is 2.30. The number of aromatic nitrogens is 2. The molecule has 7 nitrogen and oxygen atoms in total. The lowest BCUT2D eigenvalue weighted by Crippen LogP contribution is -2.51. The van der Waals surface area contributed by atoms with Crippen LogP contribution in [0, 0.1) is 11.8 Å². The average molecular weight is 405 g/mol. The van der Waals surface area contributed by atoms with Crippen LogP contribution in [0.1, 0.15) is 51.8 Å². The Balaban J connectivity index is 1.69. The zero-order chi connectivity index (χ0) is 20.3. The number of fused-ring (bicyclic) bond motifs is 1. The first-order valence-corrected chi connectivity index (χ1v) is 10.8. The first-order chi connectivity index (χ1) is 13.4. The SMILES string of the molecule is CC(C)[C@H](NC(=O)C1CCCCC1)C(=O)N(C)Cc1nc2ccsc2c(=O)[nH]1. The van der Waals surface area contributed by atoms with Crippen LogP contribution in [0.5, 0.6) is 0 Å². The van der Waals surface area contributed by atoms with E-state index in [1.807, 2.05) is 19.2 Å². The van der Waals surface area contributed by atoms with Gasteiger partial charge in [-0.3, -0.25) is 14.4 Å². The molecule has 2 amide bonds. The Labute approximate surface area is 168 Å². The zero-order valence-electron chi connectivity index (χ0n) is 16.7. The van der Waals surface area contributed by atoms with Crippen molar-refractivity contribution in [2.75, 3.05) is 7.05 Å². The molecule has 152 valence electrons. The van der Waals surface area contributed by atoms with Crippen molar-refractivity contribution in [3.8, 4) is 0 Å². The number of aromatic amines is 1. The average Bonchev–Trinajstić information content (AvgIpc) is 3.15. The van der Waals surface area contributed by atoms with Crippen LogP contribution in [0.3, 0.4) is 0 Å². The molecular weight excluding hydrogens is 376 g/mol. The molecular formula is C20H28N4O3S. The van der Waals surface area contributed by atoms with Crippen molar-refractivity contribution >= 4 is 33.4 Å². The molecule has 2 aromatic rings. The molecule has 8 heteroatoms. The van der Waals surface area contributed by atoms with Crippen LogP contribution in [0.2, 0.25) is 0 Å². The molecule has 0 aliphatic heterocycles. The highest BCUT2D eigenvalue weighted by atomic mass is 32.1. The summed E-state index contributed by atoms with van der Waals surface area (Å²) in [7, 11) is 1.67. The van der Waals surface area contributed by atoms with Gasteiger partial charge in [0.2, 0.25) is 11.8 Å². The van der Waals surface area contributed by atoms with Crippen LogP contribution < -0.4 is 10.9 Å². The predicted molar refractivity (Wildman–Crippen MR) is 110 cm³/mol. The Morgan fingerprint density at radius 1 is 1.32 bits per heavy atom. The van der Waals surface area contributed by atoms with Gasteiger partial charge in [-0.1, -0.05) is 33.1 Å². The van der Waals surface area contributed by atoms with E-state index in [2.05, 4.69) is 15.3 Å². The standard InChI is InChI=1S/C20H28N4O3S/c1-12(2)16(23-18(25)13-7-5-4-6-8-13)20(27)24(3)11-15-21-14-9-10-28-17(14)19(26)22-15/h9-10,12-13,16H,4-8,11H2,1-3H3,(H,23,25)(H,21,22,26)/t16-/m0/s1. The number of likely N-dealkylation sites (N-methyl/N-ethyl adjacent to an activating group) is 1. The fraction of sp³-hybridized carbons (Fsp3) is 0.600. The lowest BCUT2D eigenvalue weighted by atomic mass is 9.88. The van der Waals surface area contributed by atoms with Crippen molar-refractivity contribution in [3.05, 3.63) is 27.6 Å². The lowest BCUT2D eigenvalue weighted by molar-refractivity contribution is -0.138. The van der Waals surface area contributed by atoms with Gasteiger partial charge in [0, 0.05) is 13.0 Å². The van der Waals surface area contributed by atoms with E-state index in [0.717, 1.165) is 25.7 Å². The maximum absolute atomic E-state index is 13.0. The fourth-order valence-electron chi connectivity index (χ4n) is 3.69. The molecule has 28 heavy (non-hydrogen) atoms. The summed E-state index contributed by atoms with van der Waals surface area (Å²) in [6, 6.07) is 1.21. The summed E-state index contributed by atoms with van der Waals surface area (Å²) in [5, 5.41) is 4.79. The molecule has 2 heterocycles. The number of nitrogens with zero attached hydrogens (tertiary/aromatic N) is 2. The van der Waals surface area contributed by atoms with Gasteiger partial charge in [0.15, 0.2) is 0 Å². The van der Waals surface area contributed by atoms with Gasteiger partial charge in [-0.2, -0.15) is 0 Å². The number of hydrogen-bond acceptors (Lipinski definition) is 5. The van der Waals surface area contributed by atoms with Crippen LogP contribution in [-0.4, -0.2) is 39.8 Å². The van der Waals surface area contributed by atoms with Crippen LogP contribution in [0.15, 0.2) is 16.2 Å². The third kappa shape index (κ3) is 4.60. The van der Waals surface area contributed by atoms with E-state index in [9.17, 15) is 14.4 Å². The first-order valence-electron chi connectivity index (χ1n) is 9.88. The number of nitrogens with one attached hydrogen (secondary N) is 2. The van der Waals surface area contributed by atoms with Gasteiger partial charge in [0.25, 0.3) is 5.56 Å². The largest absolute Gasteiger partial charge is 0.344 e. The van der Waals surface area contributed by atoms with E-state index >= 15 is 0 Å². The van der Waals surface area contributed by atoms with Crippen LogP contribution in [0.25, 0.3) is 10.2 Å². The minimum absolute atomic E-state index is 0.00660. The van der Waals surface area contributed by atoms with Gasteiger partial charge < -0.3 is 15.2 Å². The van der Waals surface area contributed by atoms with Gasteiger partial charge in [-0.25, -0.2) is 4.98 Å². The molecule has 0 spiro atoms. The molecule has 0 bridgehead atoms. The van der Waals surface area contributed by atoms with E-state index in [1.165, 1.54) is 22.7 Å². The van der Waals surface area contributed by atoms with Gasteiger partial charge in [-0.05, 0) is 30.2 Å². The van der Waals surface area contributed by atoms with Gasteiger partial charge in [-0.15, -0.1) is 11.3 Å². The summed E-state index contributed by atoms with van der Waals surface area (Å²) in [4.78, 5) is 46.4. The smallest absolute Gasteiger partial charge is 0.268 e. The number of thiophene rings is 1. The van der Waals surface area contributed by atoms with Crippen LogP contribution in [-0.2, 0) is 16.1 Å². The highest BCUT2D eigenvalue weighted by molar-refractivity contribution is 7.17. The fourth-order valence-corrected chi connectivity index (χ4v) is 4.41. The molecule has 0 saturated heterocycles. The van der Waals surface area contributed by atoms with Crippen molar-refractivity contribution < 1.29 is 9.59 Å². The van der Waals surface area contributed by atoms with Crippen molar-refractivity contribution in [3.63, 3.8) is 0 Å². The molecule has 1 aliphatic carbocycles. The van der Waals surface area contributed by atoms with E-state index in [4.69, 9.17) is 0 Å². The Hall–Kier alpha value is -2.22. The summed E-state index contributed by atoms with van der Waals surface area (Å²) in [5.74, 6) is 0.215. The van der Waals surface area contributed by atoms with Crippen LogP contribution >= 0.6 is 11.3 Å². The second-order valence-electron chi connectivity index (χ2n) is 7.91. The molecule has 0 aromatic carbocycles. The quantitative estimate of drug-likeness (QED) is 0.774. The number of amides is 2. The number of H-pyrrole nitrogens is 1. The van der Waals surface area contributed by atoms with E-state index < -0.39 is 6.04 Å². The normalized spacial score (nSPS) is 16.3. The Morgan fingerprint density at radius 2 is 2.04 bits per heavy atom. The number of rotatable bonds is 6. The third-order valence-corrected chi connectivity index (χ3v) is 6.24. The zero-order valence-corrected chi connectivity index (χ0v) is 17.5. The van der Waals surface area contributed by atoms with E-state index in [0.29, 0.717) is 16.0 Å². The monoisotopic (exact) mass is 404 g/mol. The highest BCUT2D eigenvalue weighted by Crippen LogP contribution is 2.24. The van der Waals surface area contributed by atoms with Crippen molar-refractivity contribution in [1.29, 1.82) is 0 Å². The number of hydrogen-bond donors (Lipinski definition) is 2. The molecule has 0 unspecified atom stereocenters. The Bertz CT molecular complexity index is 898. The van der Waals surface area contributed by atoms with Crippen LogP contribution in [0.4, 0.5) is 0 Å². The molecule has 1 saturated carbocycles. The molecule has 0 radical (unpaired) electrons. The maximum Gasteiger partial charge on any atom is 0.268 e. The predicted octanol–water partition coefficient (Wildman–Crippen LogP) is 2.66. The Kier molecular flexibility index (Phi) is 6.49. The van der Waals surface area contributed by atoms with E-state index in [-0.39, 0.29) is 35.8 Å². The van der Waals surface area contributed by atoms with Crippen molar-refractivity contribution in [2.45, 2.75) is 58.5 Å². The maximum atomic E-state index is 13.0. The number of carbonyl (C=O) groups is 2. The van der Waals surface area contributed by atoms with Crippen molar-refractivity contribution in [2.24, 2.45) is 11.8 Å². The molecule has 3 rings (SSSR count). The molecule has 1 fully saturated rings. The minimum Gasteiger partial charge on any atom is -0.344 e. The Morgan fingerprint density at radius 3 is 2.71 bits per heavy atom. The molecule has 2 aromatic heterocycles. The lowest BCUT2D eigenvalue weighted by Gasteiger charge is -2.29. The summed E-state index contributed by atoms with van der Waals surface area (Å²) in [6.07, 6.45) is 5.11. The molecule has 2 N–H and O–H groups in total. The first kappa shape index (κ1) is 20.5. The topological polar surface area (TPSA) is 95.2 Å². The van der Waals surface area contributed by atoms with Crippen molar-refractivity contribution in [1.82, 2.24) is 20.2 Å². The summed E-state index contributed by atoms with van der Waals surface area (Å²) >= 11 is 1.34. The van der Waals surface area contributed by atoms with Gasteiger partial charge in [0.05, 0.1) is 12.1 Å². The third-order valence-electron chi connectivity index (χ3n) is 5.33. The minimum atomic E-state index is -0.587. The molecule has 1 atom stereocenters. The summed E-state index contributed by atoms with van der Waals surface area (Å²) in [5.41, 5.74) is 0.442. The second-order valence-corrected chi connectivity index (χ2v) is 8.82. The van der Waals surface area contributed by atoms with Gasteiger partial charge in [0.1, 0.15) is 16.6 Å². The number of carbonyl (C=O) groups excluding carboxylic acids is 2.